The smallest absolute Gasteiger partial charge is 0.274 e. The summed E-state index contributed by atoms with van der Waals surface area (Å²) in [6.45, 7) is 2.09. The van der Waals surface area contributed by atoms with E-state index in [1.165, 1.54) is 10.7 Å². The van der Waals surface area contributed by atoms with E-state index in [-0.39, 0.29) is 43.1 Å². The van der Waals surface area contributed by atoms with Gasteiger partial charge in [0.2, 0.25) is 11.8 Å². The Bertz CT molecular complexity index is 1850. The van der Waals surface area contributed by atoms with Crippen molar-refractivity contribution in [3.8, 4) is 5.75 Å². The van der Waals surface area contributed by atoms with Gasteiger partial charge in [-0.1, -0.05) is 29.4 Å². The monoisotopic (exact) mass is 593 g/mol. The number of likely N-dealkylation sites (tertiary alicyclic amines) is 1. The van der Waals surface area contributed by atoms with Crippen LogP contribution in [-0.2, 0) is 16.0 Å². The minimum absolute atomic E-state index is 0.0910. The first-order valence-electron chi connectivity index (χ1n) is 14.7. The first kappa shape index (κ1) is 27.6. The van der Waals surface area contributed by atoms with Crippen LogP contribution in [0.25, 0.3) is 16.6 Å². The third-order valence-corrected chi connectivity index (χ3v) is 8.37. The Morgan fingerprint density at radius 3 is 2.80 bits per heavy atom. The molecule has 0 spiro atoms. The summed E-state index contributed by atoms with van der Waals surface area (Å²) in [5.41, 5.74) is 3.07. The zero-order valence-electron chi connectivity index (χ0n) is 24.0. The molecule has 1 fully saturated rings. The number of imidazole rings is 1. The highest BCUT2D eigenvalue weighted by Crippen LogP contribution is 2.35. The number of hydrogen-bond donors (Lipinski definition) is 1. The van der Waals surface area contributed by atoms with Crippen LogP contribution in [0.3, 0.4) is 0 Å². The quantitative estimate of drug-likeness (QED) is 0.338. The Morgan fingerprint density at radius 2 is 1.86 bits per heavy atom. The number of carbonyl (C=O) groups excluding carboxylic acids is 3. The van der Waals surface area contributed by atoms with Crippen molar-refractivity contribution in [3.05, 3.63) is 90.0 Å². The largest absolute Gasteiger partial charge is 0.494 e. The van der Waals surface area contributed by atoms with Crippen molar-refractivity contribution in [1.82, 2.24) is 34.9 Å². The zero-order valence-corrected chi connectivity index (χ0v) is 24.0. The van der Waals surface area contributed by atoms with Crippen LogP contribution in [0, 0.1) is 5.92 Å². The zero-order chi connectivity index (χ0) is 30.0. The van der Waals surface area contributed by atoms with Crippen LogP contribution in [0.4, 0.5) is 0 Å². The summed E-state index contributed by atoms with van der Waals surface area (Å²) in [5.74, 6) is -0.560. The number of nitrogens with one attached hydrogen (secondary N) is 1. The average molecular weight is 594 g/mol. The second-order valence-electron chi connectivity index (χ2n) is 11.1. The lowest BCUT2D eigenvalue weighted by atomic mass is 9.88. The fourth-order valence-corrected chi connectivity index (χ4v) is 6.12. The minimum Gasteiger partial charge on any atom is -0.494 e. The third kappa shape index (κ3) is 5.34. The van der Waals surface area contributed by atoms with E-state index in [0.717, 1.165) is 10.9 Å². The molecular weight excluding hydrogens is 562 g/mol. The Labute approximate surface area is 252 Å². The number of nitrogens with zero attached hydrogens (tertiary/aromatic N) is 6. The highest BCUT2D eigenvalue weighted by atomic mass is 16.5. The number of aromatic nitrogens is 4. The van der Waals surface area contributed by atoms with Crippen LogP contribution in [0.2, 0.25) is 0 Å². The molecule has 5 aromatic rings. The van der Waals surface area contributed by atoms with Crippen molar-refractivity contribution in [3.63, 3.8) is 0 Å². The predicted octanol–water partition coefficient (Wildman–Crippen LogP) is 2.70. The lowest BCUT2D eigenvalue weighted by Crippen LogP contribution is -2.43. The van der Waals surface area contributed by atoms with Crippen molar-refractivity contribution >= 4 is 34.3 Å². The predicted molar refractivity (Wildman–Crippen MR) is 159 cm³/mol. The van der Waals surface area contributed by atoms with Gasteiger partial charge in [-0.3, -0.25) is 14.4 Å². The Morgan fingerprint density at radius 1 is 0.977 bits per heavy atom. The standard InChI is InChI=1S/C32H31N7O5/c40-30(17-26-23-8-1-2-9-28(23)44-36-26)37-13-5-15-43-22-7-3-6-21(16-22)24-19-38(20-25(24)31(41)33-12-14-37)32(42)27-18-34-29-10-4-11-35-39(27)29/h1-4,6-11,16,18,24-25H,5,12-15,17,19-20H2,(H,33,41)/t24-,25+/m1/s1. The summed E-state index contributed by atoms with van der Waals surface area (Å²) in [7, 11) is 0. The number of amides is 3. The maximum Gasteiger partial charge on any atom is 0.274 e. The number of hydrogen-bond acceptors (Lipinski definition) is 8. The summed E-state index contributed by atoms with van der Waals surface area (Å²) in [4.78, 5) is 48.5. The molecule has 0 saturated carbocycles. The fourth-order valence-electron chi connectivity index (χ4n) is 6.12. The van der Waals surface area contributed by atoms with Gasteiger partial charge in [0.15, 0.2) is 16.9 Å². The summed E-state index contributed by atoms with van der Waals surface area (Å²) in [5, 5.41) is 12.3. The molecule has 7 rings (SSSR count). The Balaban J connectivity index is 1.10. The molecule has 44 heavy (non-hydrogen) atoms. The van der Waals surface area contributed by atoms with Crippen LogP contribution in [0.5, 0.6) is 5.75 Å². The highest BCUT2D eigenvalue weighted by Gasteiger charge is 2.41. The van der Waals surface area contributed by atoms with E-state index in [1.54, 1.807) is 28.1 Å². The highest BCUT2D eigenvalue weighted by molar-refractivity contribution is 5.94. The van der Waals surface area contributed by atoms with E-state index in [1.807, 2.05) is 48.5 Å². The lowest BCUT2D eigenvalue weighted by Gasteiger charge is -2.25. The van der Waals surface area contributed by atoms with Crippen LogP contribution in [0.15, 0.2) is 77.6 Å². The molecular formula is C32H31N7O5. The third-order valence-electron chi connectivity index (χ3n) is 8.37. The van der Waals surface area contributed by atoms with Gasteiger partial charge in [-0.2, -0.15) is 5.10 Å². The van der Waals surface area contributed by atoms with Gasteiger partial charge in [0.25, 0.3) is 5.91 Å². The summed E-state index contributed by atoms with van der Waals surface area (Å²) in [6.07, 6.45) is 3.83. The van der Waals surface area contributed by atoms with Crippen LogP contribution in [-0.4, -0.2) is 86.6 Å². The lowest BCUT2D eigenvalue weighted by molar-refractivity contribution is -0.131. The summed E-state index contributed by atoms with van der Waals surface area (Å²) < 4.78 is 13.0. The molecule has 2 bridgehead atoms. The SMILES string of the molecule is O=C1NCCN(C(=O)Cc2noc3ccccc23)CCCOc2cccc(c2)[C@H]2CN(C(=O)c3cnc4cccnn34)C[C@H]12. The van der Waals surface area contributed by atoms with Crippen molar-refractivity contribution in [1.29, 1.82) is 0 Å². The van der Waals surface area contributed by atoms with Crippen LogP contribution >= 0.6 is 0 Å². The van der Waals surface area contributed by atoms with Gasteiger partial charge in [0.1, 0.15) is 11.4 Å². The molecule has 2 aliphatic heterocycles. The molecule has 0 unspecified atom stereocenters. The second-order valence-corrected chi connectivity index (χ2v) is 11.1. The molecule has 2 aliphatic rings. The maximum atomic E-state index is 13.7. The van der Waals surface area contributed by atoms with E-state index in [0.29, 0.717) is 61.0 Å². The molecule has 2 aromatic carbocycles. The van der Waals surface area contributed by atoms with Gasteiger partial charge < -0.3 is 24.4 Å². The van der Waals surface area contributed by atoms with Crippen LogP contribution < -0.4 is 10.1 Å². The number of ether oxygens (including phenoxy) is 1. The maximum absolute atomic E-state index is 13.7. The second kappa shape index (κ2) is 11.8. The molecule has 0 radical (unpaired) electrons. The molecule has 2 atom stereocenters. The number of benzene rings is 2. The van der Waals surface area contributed by atoms with Crippen LogP contribution in [0.1, 0.15) is 34.1 Å². The first-order chi connectivity index (χ1) is 21.5. The van der Waals surface area contributed by atoms with E-state index in [2.05, 4.69) is 20.6 Å². The molecule has 3 amide bonds. The van der Waals surface area contributed by atoms with Crippen molar-refractivity contribution < 1.29 is 23.6 Å². The molecule has 12 nitrogen and oxygen atoms in total. The topological polar surface area (TPSA) is 135 Å². The van der Waals surface area contributed by atoms with Gasteiger partial charge in [-0.15, -0.1) is 0 Å². The summed E-state index contributed by atoms with van der Waals surface area (Å²) in [6, 6.07) is 18.7. The van der Waals surface area contributed by atoms with Gasteiger partial charge in [-0.05, 0) is 48.4 Å². The molecule has 5 heterocycles. The average Bonchev–Trinajstić information content (AvgIpc) is 3.79. The molecule has 1 N–H and O–H groups in total. The molecule has 3 aromatic heterocycles. The van der Waals surface area contributed by atoms with Crippen molar-refractivity contribution in [2.75, 3.05) is 39.3 Å². The van der Waals surface area contributed by atoms with Gasteiger partial charge in [-0.25, -0.2) is 9.50 Å². The molecule has 1 saturated heterocycles. The van der Waals surface area contributed by atoms with Gasteiger partial charge in [0.05, 0.1) is 25.1 Å². The number of carbonyl (C=O) groups is 3. The number of para-hydroxylation sites is 1. The Hall–Kier alpha value is -5.26. The normalized spacial score (nSPS) is 19.3. The number of fused-ring (bicyclic) bond motifs is 6. The van der Waals surface area contributed by atoms with E-state index in [4.69, 9.17) is 9.26 Å². The Kier molecular flexibility index (Phi) is 7.38. The fraction of sp³-hybridized carbons (Fsp3) is 0.312. The van der Waals surface area contributed by atoms with E-state index < -0.39 is 5.92 Å². The molecule has 0 aliphatic carbocycles. The summed E-state index contributed by atoms with van der Waals surface area (Å²) >= 11 is 0. The van der Waals surface area contributed by atoms with E-state index in [9.17, 15) is 14.4 Å². The van der Waals surface area contributed by atoms with E-state index >= 15 is 0 Å². The first-order valence-corrected chi connectivity index (χ1v) is 14.7. The van der Waals surface area contributed by atoms with Crippen molar-refractivity contribution in [2.45, 2.75) is 18.8 Å². The number of rotatable bonds is 3. The molecule has 224 valence electrons. The van der Waals surface area contributed by atoms with Gasteiger partial charge in [0, 0.05) is 50.2 Å². The molecule has 12 heteroatoms. The van der Waals surface area contributed by atoms with Gasteiger partial charge >= 0.3 is 0 Å². The van der Waals surface area contributed by atoms with Crippen molar-refractivity contribution in [2.24, 2.45) is 5.92 Å². The minimum atomic E-state index is -0.491.